The number of amides is 1. The van der Waals surface area contributed by atoms with Crippen molar-refractivity contribution in [2.45, 2.75) is 30.8 Å². The van der Waals surface area contributed by atoms with Gasteiger partial charge in [0.15, 0.2) is 0 Å². The number of pyridine rings is 1. The average Bonchev–Trinajstić information content (AvgIpc) is 2.62. The monoisotopic (exact) mass is 360 g/mol. The standard InChI is InChI=1S/C19H21FN2O2S/c1-14-3-2-4-18(21-14)24-16-9-11-22(12-10-16)19(23)13-25-17-7-5-15(20)6-8-17/h2-8,16H,9-13H2,1H3. The van der Waals surface area contributed by atoms with Crippen LogP contribution in [0.3, 0.4) is 0 Å². The number of ether oxygens (including phenoxy) is 1. The largest absolute Gasteiger partial charge is 0.474 e. The topological polar surface area (TPSA) is 42.4 Å². The lowest BCUT2D eigenvalue weighted by atomic mass is 10.1. The number of aryl methyl sites for hydroxylation is 1. The van der Waals surface area contributed by atoms with E-state index in [1.165, 1.54) is 23.9 Å². The molecular weight excluding hydrogens is 339 g/mol. The summed E-state index contributed by atoms with van der Waals surface area (Å²) in [5.74, 6) is 0.871. The number of piperidine rings is 1. The van der Waals surface area contributed by atoms with Gasteiger partial charge in [0.25, 0.3) is 0 Å². The summed E-state index contributed by atoms with van der Waals surface area (Å²) in [6.07, 6.45) is 1.72. The number of rotatable bonds is 5. The molecule has 1 aliphatic heterocycles. The van der Waals surface area contributed by atoms with E-state index in [-0.39, 0.29) is 17.8 Å². The summed E-state index contributed by atoms with van der Waals surface area (Å²) in [4.78, 5) is 19.5. The van der Waals surface area contributed by atoms with Gasteiger partial charge in [0.1, 0.15) is 11.9 Å². The fourth-order valence-corrected chi connectivity index (χ4v) is 3.55. The zero-order valence-corrected chi connectivity index (χ0v) is 15.0. The van der Waals surface area contributed by atoms with E-state index in [2.05, 4.69) is 4.98 Å². The van der Waals surface area contributed by atoms with Crippen LogP contribution in [0.5, 0.6) is 5.88 Å². The third kappa shape index (κ3) is 5.19. The molecule has 0 aliphatic carbocycles. The lowest BCUT2D eigenvalue weighted by molar-refractivity contribution is -0.130. The number of hydrogen-bond acceptors (Lipinski definition) is 4. The Hall–Kier alpha value is -2.08. The summed E-state index contributed by atoms with van der Waals surface area (Å²) in [7, 11) is 0. The second kappa shape index (κ2) is 8.34. The van der Waals surface area contributed by atoms with Gasteiger partial charge in [-0.3, -0.25) is 4.79 Å². The molecule has 1 saturated heterocycles. The Bertz CT molecular complexity index is 716. The zero-order valence-electron chi connectivity index (χ0n) is 14.2. The van der Waals surface area contributed by atoms with Gasteiger partial charge in [-0.05, 0) is 37.3 Å². The van der Waals surface area contributed by atoms with Crippen LogP contribution in [0.2, 0.25) is 0 Å². The Morgan fingerprint density at radius 2 is 1.96 bits per heavy atom. The van der Waals surface area contributed by atoms with Crippen LogP contribution in [-0.2, 0) is 4.79 Å². The van der Waals surface area contributed by atoms with E-state index >= 15 is 0 Å². The van der Waals surface area contributed by atoms with E-state index in [9.17, 15) is 9.18 Å². The number of likely N-dealkylation sites (tertiary alicyclic amines) is 1. The van der Waals surface area contributed by atoms with E-state index in [1.807, 2.05) is 30.0 Å². The van der Waals surface area contributed by atoms with Crippen LogP contribution in [-0.4, -0.2) is 40.7 Å². The van der Waals surface area contributed by atoms with Gasteiger partial charge in [-0.25, -0.2) is 9.37 Å². The third-order valence-electron chi connectivity index (χ3n) is 4.12. The second-order valence-corrected chi connectivity index (χ2v) is 7.11. The van der Waals surface area contributed by atoms with Crippen molar-refractivity contribution in [1.29, 1.82) is 0 Å². The van der Waals surface area contributed by atoms with Crippen LogP contribution < -0.4 is 4.74 Å². The van der Waals surface area contributed by atoms with E-state index in [1.54, 1.807) is 12.1 Å². The van der Waals surface area contributed by atoms with Gasteiger partial charge in [-0.1, -0.05) is 6.07 Å². The molecule has 25 heavy (non-hydrogen) atoms. The molecule has 0 radical (unpaired) electrons. The molecule has 1 amide bonds. The average molecular weight is 360 g/mol. The molecule has 4 nitrogen and oxygen atoms in total. The molecule has 1 fully saturated rings. The van der Waals surface area contributed by atoms with Gasteiger partial charge in [-0.15, -0.1) is 11.8 Å². The summed E-state index contributed by atoms with van der Waals surface area (Å²) in [6, 6.07) is 12.0. The number of halogens is 1. The van der Waals surface area contributed by atoms with Gasteiger partial charge in [0.05, 0.1) is 5.75 Å². The van der Waals surface area contributed by atoms with Crippen molar-refractivity contribution in [3.63, 3.8) is 0 Å². The Kier molecular flexibility index (Phi) is 5.91. The van der Waals surface area contributed by atoms with Gasteiger partial charge in [0, 0.05) is 42.6 Å². The van der Waals surface area contributed by atoms with Crippen molar-refractivity contribution >= 4 is 17.7 Å². The first-order valence-electron chi connectivity index (χ1n) is 8.36. The zero-order chi connectivity index (χ0) is 17.6. The van der Waals surface area contributed by atoms with Crippen molar-refractivity contribution in [3.8, 4) is 5.88 Å². The minimum Gasteiger partial charge on any atom is -0.474 e. The van der Waals surface area contributed by atoms with E-state index in [0.29, 0.717) is 24.7 Å². The number of thioether (sulfide) groups is 1. The fraction of sp³-hybridized carbons (Fsp3) is 0.368. The molecule has 0 atom stereocenters. The summed E-state index contributed by atoms with van der Waals surface area (Å²) >= 11 is 1.44. The van der Waals surface area contributed by atoms with E-state index in [4.69, 9.17) is 4.74 Å². The van der Waals surface area contributed by atoms with Crippen LogP contribution >= 0.6 is 11.8 Å². The molecule has 2 heterocycles. The maximum Gasteiger partial charge on any atom is 0.232 e. The molecule has 2 aromatic rings. The Balaban J connectivity index is 1.43. The van der Waals surface area contributed by atoms with Crippen LogP contribution in [0.4, 0.5) is 4.39 Å². The first-order valence-corrected chi connectivity index (χ1v) is 9.35. The Labute approximate surface area is 151 Å². The Morgan fingerprint density at radius 1 is 1.24 bits per heavy atom. The van der Waals surface area contributed by atoms with Crippen molar-refractivity contribution in [3.05, 3.63) is 54.0 Å². The Morgan fingerprint density at radius 3 is 2.64 bits per heavy atom. The minimum atomic E-state index is -0.263. The maximum absolute atomic E-state index is 12.9. The molecule has 0 N–H and O–H groups in total. The predicted molar refractivity (Wildman–Crippen MR) is 96.3 cm³/mol. The maximum atomic E-state index is 12.9. The number of carbonyl (C=O) groups is 1. The smallest absolute Gasteiger partial charge is 0.232 e. The fourth-order valence-electron chi connectivity index (χ4n) is 2.74. The van der Waals surface area contributed by atoms with Crippen molar-refractivity contribution < 1.29 is 13.9 Å². The molecule has 0 bridgehead atoms. The van der Waals surface area contributed by atoms with Gasteiger partial charge in [-0.2, -0.15) is 0 Å². The molecule has 0 saturated carbocycles. The lowest BCUT2D eigenvalue weighted by Gasteiger charge is -2.32. The molecule has 1 aromatic heterocycles. The molecule has 1 aromatic carbocycles. The van der Waals surface area contributed by atoms with E-state index < -0.39 is 0 Å². The van der Waals surface area contributed by atoms with Gasteiger partial charge in [0.2, 0.25) is 11.8 Å². The van der Waals surface area contributed by atoms with Gasteiger partial charge < -0.3 is 9.64 Å². The second-order valence-electron chi connectivity index (χ2n) is 6.06. The number of carbonyl (C=O) groups excluding carboxylic acids is 1. The van der Waals surface area contributed by atoms with Crippen molar-refractivity contribution in [2.24, 2.45) is 0 Å². The van der Waals surface area contributed by atoms with Crippen LogP contribution in [0.25, 0.3) is 0 Å². The summed E-state index contributed by atoms with van der Waals surface area (Å²) in [5.41, 5.74) is 0.933. The number of aromatic nitrogens is 1. The summed E-state index contributed by atoms with van der Waals surface area (Å²) in [6.45, 7) is 3.32. The quantitative estimate of drug-likeness (QED) is 0.763. The summed E-state index contributed by atoms with van der Waals surface area (Å²) in [5, 5.41) is 0. The van der Waals surface area contributed by atoms with E-state index in [0.717, 1.165) is 23.4 Å². The minimum absolute atomic E-state index is 0.100. The van der Waals surface area contributed by atoms with Crippen LogP contribution in [0.1, 0.15) is 18.5 Å². The highest BCUT2D eigenvalue weighted by atomic mass is 32.2. The van der Waals surface area contributed by atoms with Crippen LogP contribution in [0, 0.1) is 12.7 Å². The van der Waals surface area contributed by atoms with Crippen molar-refractivity contribution in [1.82, 2.24) is 9.88 Å². The molecule has 3 rings (SSSR count). The number of nitrogens with zero attached hydrogens (tertiary/aromatic N) is 2. The molecule has 132 valence electrons. The highest BCUT2D eigenvalue weighted by Crippen LogP contribution is 2.21. The SMILES string of the molecule is Cc1cccc(OC2CCN(C(=O)CSc3ccc(F)cc3)CC2)n1. The highest BCUT2D eigenvalue weighted by molar-refractivity contribution is 8.00. The third-order valence-corrected chi connectivity index (χ3v) is 5.12. The van der Waals surface area contributed by atoms with Gasteiger partial charge >= 0.3 is 0 Å². The summed E-state index contributed by atoms with van der Waals surface area (Å²) < 4.78 is 18.8. The number of benzene rings is 1. The lowest BCUT2D eigenvalue weighted by Crippen LogP contribution is -2.42. The van der Waals surface area contributed by atoms with Crippen molar-refractivity contribution in [2.75, 3.05) is 18.8 Å². The normalized spacial score (nSPS) is 15.2. The molecule has 0 unspecified atom stereocenters. The first kappa shape index (κ1) is 17.7. The predicted octanol–water partition coefficient (Wildman–Crippen LogP) is 3.69. The number of hydrogen-bond donors (Lipinski definition) is 0. The highest BCUT2D eigenvalue weighted by Gasteiger charge is 2.24. The van der Waals surface area contributed by atoms with Crippen LogP contribution in [0.15, 0.2) is 47.4 Å². The molecule has 6 heteroatoms. The molecular formula is C19H21FN2O2S. The molecule has 0 spiro atoms. The molecule has 1 aliphatic rings. The first-order chi connectivity index (χ1) is 12.1.